The zero-order valence-corrected chi connectivity index (χ0v) is 9.99. The van der Waals surface area contributed by atoms with Gasteiger partial charge in [-0.25, -0.2) is 0 Å². The molecule has 0 saturated carbocycles. The van der Waals surface area contributed by atoms with Gasteiger partial charge in [-0.15, -0.1) is 0 Å². The van der Waals surface area contributed by atoms with Crippen molar-refractivity contribution in [2.45, 2.75) is 32.8 Å². The standard InChI is InChI=1S/C13H18O3/c1-4-13(3,15)12(14)10-8-6-7-9-11(10)16-5-2/h6-9,15H,4-5H2,1-3H3. The fourth-order valence-corrected chi connectivity index (χ4v) is 1.39. The van der Waals surface area contributed by atoms with E-state index < -0.39 is 5.60 Å². The van der Waals surface area contributed by atoms with Crippen LogP contribution in [-0.2, 0) is 0 Å². The van der Waals surface area contributed by atoms with Crippen LogP contribution in [0.3, 0.4) is 0 Å². The minimum Gasteiger partial charge on any atom is -0.493 e. The maximum Gasteiger partial charge on any atom is 0.197 e. The second-order valence-electron chi connectivity index (χ2n) is 3.89. The van der Waals surface area contributed by atoms with Gasteiger partial charge in [0.25, 0.3) is 0 Å². The van der Waals surface area contributed by atoms with Gasteiger partial charge in [0.15, 0.2) is 5.78 Å². The number of para-hydroxylation sites is 1. The summed E-state index contributed by atoms with van der Waals surface area (Å²) in [4.78, 5) is 12.1. The van der Waals surface area contributed by atoms with Crippen LogP contribution in [0.1, 0.15) is 37.6 Å². The van der Waals surface area contributed by atoms with E-state index in [0.717, 1.165) is 0 Å². The smallest absolute Gasteiger partial charge is 0.197 e. The Morgan fingerprint density at radius 2 is 2.00 bits per heavy atom. The van der Waals surface area contributed by atoms with Crippen molar-refractivity contribution in [3.8, 4) is 5.75 Å². The van der Waals surface area contributed by atoms with Crippen LogP contribution in [0.5, 0.6) is 5.75 Å². The van der Waals surface area contributed by atoms with Gasteiger partial charge in [0.05, 0.1) is 12.2 Å². The quantitative estimate of drug-likeness (QED) is 0.778. The Hall–Kier alpha value is -1.35. The predicted octanol–water partition coefficient (Wildman–Crippen LogP) is 2.43. The Bertz CT molecular complexity index is 369. The van der Waals surface area contributed by atoms with Gasteiger partial charge in [0.2, 0.25) is 0 Å². The summed E-state index contributed by atoms with van der Waals surface area (Å²) in [5, 5.41) is 9.93. The van der Waals surface area contributed by atoms with Gasteiger partial charge in [-0.1, -0.05) is 19.1 Å². The third kappa shape index (κ3) is 2.61. The molecule has 16 heavy (non-hydrogen) atoms. The van der Waals surface area contributed by atoms with Crippen LogP contribution in [0.25, 0.3) is 0 Å². The first-order valence-corrected chi connectivity index (χ1v) is 5.52. The van der Waals surface area contributed by atoms with Crippen molar-refractivity contribution in [1.29, 1.82) is 0 Å². The number of ketones is 1. The van der Waals surface area contributed by atoms with Crippen molar-refractivity contribution in [2.75, 3.05) is 6.61 Å². The van der Waals surface area contributed by atoms with E-state index in [1.165, 1.54) is 6.92 Å². The second kappa shape index (κ2) is 5.12. The lowest BCUT2D eigenvalue weighted by molar-refractivity contribution is 0.0387. The maximum atomic E-state index is 12.1. The van der Waals surface area contributed by atoms with Gasteiger partial charge in [-0.3, -0.25) is 4.79 Å². The molecule has 0 spiro atoms. The van der Waals surface area contributed by atoms with Gasteiger partial charge in [0.1, 0.15) is 11.4 Å². The first kappa shape index (κ1) is 12.7. The minimum absolute atomic E-state index is 0.293. The number of rotatable bonds is 5. The lowest BCUT2D eigenvalue weighted by atomic mass is 9.92. The maximum absolute atomic E-state index is 12.1. The molecule has 1 rings (SSSR count). The third-order valence-corrected chi connectivity index (χ3v) is 2.61. The molecule has 0 aliphatic heterocycles. The van der Waals surface area contributed by atoms with E-state index >= 15 is 0 Å². The lowest BCUT2D eigenvalue weighted by Gasteiger charge is -2.21. The number of benzene rings is 1. The molecule has 0 aliphatic rings. The summed E-state index contributed by atoms with van der Waals surface area (Å²) in [5.74, 6) is 0.239. The van der Waals surface area contributed by atoms with E-state index in [2.05, 4.69) is 0 Å². The first-order valence-electron chi connectivity index (χ1n) is 5.52. The van der Waals surface area contributed by atoms with Crippen molar-refractivity contribution < 1.29 is 14.6 Å². The van der Waals surface area contributed by atoms with E-state index in [1.54, 1.807) is 25.1 Å². The van der Waals surface area contributed by atoms with Crippen LogP contribution < -0.4 is 4.74 Å². The summed E-state index contributed by atoms with van der Waals surface area (Å²) in [5.41, 5.74) is -0.885. The van der Waals surface area contributed by atoms with Crippen LogP contribution in [0.15, 0.2) is 24.3 Å². The Morgan fingerprint density at radius 1 is 1.38 bits per heavy atom. The lowest BCUT2D eigenvalue weighted by Crippen LogP contribution is -2.34. The molecule has 1 atom stereocenters. The Labute approximate surface area is 96.1 Å². The molecule has 0 heterocycles. The molecule has 88 valence electrons. The van der Waals surface area contributed by atoms with Crippen LogP contribution >= 0.6 is 0 Å². The highest BCUT2D eigenvalue weighted by Crippen LogP contribution is 2.24. The minimum atomic E-state index is -1.33. The molecule has 3 heteroatoms. The highest BCUT2D eigenvalue weighted by Gasteiger charge is 2.30. The molecule has 0 saturated heterocycles. The van der Waals surface area contributed by atoms with Crippen LogP contribution in [0.2, 0.25) is 0 Å². The summed E-state index contributed by atoms with van der Waals surface area (Å²) >= 11 is 0. The molecule has 1 aromatic rings. The summed E-state index contributed by atoms with van der Waals surface area (Å²) in [6.45, 7) is 5.66. The number of Topliss-reactive ketones (excluding diaryl/α,β-unsaturated/α-hetero) is 1. The first-order chi connectivity index (χ1) is 7.53. The van der Waals surface area contributed by atoms with Gasteiger partial charge >= 0.3 is 0 Å². The summed E-state index contributed by atoms with van der Waals surface area (Å²) in [6, 6.07) is 6.99. The zero-order chi connectivity index (χ0) is 12.2. The van der Waals surface area contributed by atoms with Crippen molar-refractivity contribution in [2.24, 2.45) is 0 Å². The summed E-state index contributed by atoms with van der Waals surface area (Å²) in [6.07, 6.45) is 0.381. The highest BCUT2D eigenvalue weighted by molar-refractivity contribution is 6.04. The number of carbonyl (C=O) groups is 1. The number of ether oxygens (including phenoxy) is 1. The molecule has 0 bridgehead atoms. The molecule has 1 unspecified atom stereocenters. The van der Waals surface area contributed by atoms with Gasteiger partial charge in [-0.05, 0) is 32.4 Å². The van der Waals surface area contributed by atoms with Crippen molar-refractivity contribution in [1.82, 2.24) is 0 Å². The number of aliphatic hydroxyl groups is 1. The summed E-state index contributed by atoms with van der Waals surface area (Å²) < 4.78 is 5.37. The third-order valence-electron chi connectivity index (χ3n) is 2.61. The number of carbonyl (C=O) groups excluding carboxylic acids is 1. The SMILES string of the molecule is CCOc1ccccc1C(=O)C(C)(O)CC. The van der Waals surface area contributed by atoms with E-state index in [0.29, 0.717) is 24.3 Å². The van der Waals surface area contributed by atoms with E-state index in [-0.39, 0.29) is 5.78 Å². The molecule has 0 radical (unpaired) electrons. The van der Waals surface area contributed by atoms with Gasteiger partial charge in [-0.2, -0.15) is 0 Å². The fourth-order valence-electron chi connectivity index (χ4n) is 1.39. The molecule has 0 aromatic heterocycles. The van der Waals surface area contributed by atoms with Crippen molar-refractivity contribution in [3.63, 3.8) is 0 Å². The average molecular weight is 222 g/mol. The summed E-state index contributed by atoms with van der Waals surface area (Å²) in [7, 11) is 0. The Balaban J connectivity index is 3.08. The van der Waals surface area contributed by atoms with E-state index in [9.17, 15) is 9.90 Å². The molecule has 1 N–H and O–H groups in total. The molecule has 0 amide bonds. The highest BCUT2D eigenvalue weighted by atomic mass is 16.5. The normalized spacial score (nSPS) is 14.2. The number of hydrogen-bond acceptors (Lipinski definition) is 3. The predicted molar refractivity (Wildman–Crippen MR) is 62.9 cm³/mol. The van der Waals surface area contributed by atoms with Crippen LogP contribution in [0, 0.1) is 0 Å². The number of hydrogen-bond donors (Lipinski definition) is 1. The second-order valence-corrected chi connectivity index (χ2v) is 3.89. The fraction of sp³-hybridized carbons (Fsp3) is 0.462. The average Bonchev–Trinajstić information content (AvgIpc) is 2.29. The molecule has 1 aromatic carbocycles. The van der Waals surface area contributed by atoms with E-state index in [4.69, 9.17) is 4.74 Å². The van der Waals surface area contributed by atoms with Crippen LogP contribution in [0.4, 0.5) is 0 Å². The molecule has 0 aliphatic carbocycles. The Kier molecular flexibility index (Phi) is 4.07. The molecule has 0 fully saturated rings. The topological polar surface area (TPSA) is 46.5 Å². The van der Waals surface area contributed by atoms with E-state index in [1.807, 2.05) is 13.0 Å². The van der Waals surface area contributed by atoms with Crippen molar-refractivity contribution in [3.05, 3.63) is 29.8 Å². The Morgan fingerprint density at radius 3 is 2.56 bits per heavy atom. The van der Waals surface area contributed by atoms with Crippen LogP contribution in [-0.4, -0.2) is 23.1 Å². The monoisotopic (exact) mass is 222 g/mol. The van der Waals surface area contributed by atoms with Crippen molar-refractivity contribution >= 4 is 5.78 Å². The molecular formula is C13H18O3. The largest absolute Gasteiger partial charge is 0.493 e. The van der Waals surface area contributed by atoms with Gasteiger partial charge in [0, 0.05) is 0 Å². The zero-order valence-electron chi connectivity index (χ0n) is 9.99. The van der Waals surface area contributed by atoms with Gasteiger partial charge < -0.3 is 9.84 Å². The molecular weight excluding hydrogens is 204 g/mol. The molecule has 3 nitrogen and oxygen atoms in total.